The lowest BCUT2D eigenvalue weighted by atomic mass is 9.93. The van der Waals surface area contributed by atoms with Crippen molar-refractivity contribution in [1.29, 1.82) is 0 Å². The Labute approximate surface area is 229 Å². The molecular weight excluding hydrogens is 496 g/mol. The summed E-state index contributed by atoms with van der Waals surface area (Å²) in [6.07, 6.45) is 1.64. The first-order valence-corrected chi connectivity index (χ1v) is 13.2. The Bertz CT molecular complexity index is 1270. The molecule has 0 radical (unpaired) electrons. The van der Waals surface area contributed by atoms with Gasteiger partial charge in [0.2, 0.25) is 0 Å². The summed E-state index contributed by atoms with van der Waals surface area (Å²) in [5.41, 5.74) is 3.43. The van der Waals surface area contributed by atoms with Crippen LogP contribution in [0.1, 0.15) is 34.5 Å². The fraction of sp³-hybridized carbons (Fsp3) is 0.367. The summed E-state index contributed by atoms with van der Waals surface area (Å²) in [6, 6.07) is 14.0. The average molecular weight is 533 g/mol. The van der Waals surface area contributed by atoms with E-state index in [4.69, 9.17) is 9.47 Å². The summed E-state index contributed by atoms with van der Waals surface area (Å²) in [5, 5.41) is 3.00. The second-order valence-corrected chi connectivity index (χ2v) is 9.58. The number of carbonyl (C=O) groups is 3. The van der Waals surface area contributed by atoms with Crippen LogP contribution in [0.3, 0.4) is 0 Å². The summed E-state index contributed by atoms with van der Waals surface area (Å²) in [4.78, 5) is 45.3. The predicted octanol–water partition coefficient (Wildman–Crippen LogP) is 3.53. The van der Waals surface area contributed by atoms with Crippen LogP contribution in [0.5, 0.6) is 5.75 Å². The van der Waals surface area contributed by atoms with Gasteiger partial charge < -0.3 is 19.7 Å². The number of hydrogen-bond acceptors (Lipinski definition) is 6. The quantitative estimate of drug-likeness (QED) is 0.393. The van der Waals surface area contributed by atoms with Crippen LogP contribution in [-0.4, -0.2) is 85.6 Å². The minimum Gasteiger partial charge on any atom is -0.497 e. The Hall–Kier alpha value is -4.11. The van der Waals surface area contributed by atoms with Crippen LogP contribution in [-0.2, 0) is 9.53 Å². The Balaban J connectivity index is 1.60. The second-order valence-electron chi connectivity index (χ2n) is 9.58. The molecule has 0 bridgehead atoms. The Morgan fingerprint density at radius 1 is 1.10 bits per heavy atom. The molecule has 2 aliphatic heterocycles. The molecule has 1 N–H and O–H groups in total. The smallest absolute Gasteiger partial charge is 0.338 e. The van der Waals surface area contributed by atoms with E-state index in [2.05, 4.69) is 16.8 Å². The minimum atomic E-state index is -0.636. The first kappa shape index (κ1) is 27.9. The van der Waals surface area contributed by atoms with E-state index in [0.29, 0.717) is 55.3 Å². The van der Waals surface area contributed by atoms with Gasteiger partial charge in [-0.3, -0.25) is 14.6 Å². The van der Waals surface area contributed by atoms with E-state index >= 15 is 0 Å². The van der Waals surface area contributed by atoms with E-state index in [-0.39, 0.29) is 25.1 Å². The van der Waals surface area contributed by atoms with Gasteiger partial charge in [-0.05, 0) is 37.6 Å². The lowest BCUT2D eigenvalue weighted by Gasteiger charge is -2.40. The molecule has 2 heterocycles. The molecule has 206 valence electrons. The normalized spacial score (nSPS) is 18.0. The van der Waals surface area contributed by atoms with Gasteiger partial charge in [0.15, 0.2) is 0 Å². The van der Waals surface area contributed by atoms with Crippen LogP contribution in [0, 0.1) is 6.92 Å². The maximum Gasteiger partial charge on any atom is 0.338 e. The molecule has 3 amide bonds. The third kappa shape index (κ3) is 6.31. The van der Waals surface area contributed by atoms with E-state index in [1.807, 2.05) is 42.2 Å². The highest BCUT2D eigenvalue weighted by Crippen LogP contribution is 2.32. The van der Waals surface area contributed by atoms with Crippen molar-refractivity contribution in [3.63, 3.8) is 0 Å². The zero-order valence-corrected chi connectivity index (χ0v) is 22.8. The van der Waals surface area contributed by atoms with Gasteiger partial charge in [-0.1, -0.05) is 42.0 Å². The first-order valence-electron chi connectivity index (χ1n) is 13.2. The molecule has 1 fully saturated rings. The number of rotatable bonds is 9. The molecule has 1 atom stereocenters. The van der Waals surface area contributed by atoms with Crippen molar-refractivity contribution in [3.8, 4) is 5.75 Å². The van der Waals surface area contributed by atoms with Crippen molar-refractivity contribution in [1.82, 2.24) is 20.0 Å². The van der Waals surface area contributed by atoms with E-state index in [0.717, 1.165) is 11.1 Å². The summed E-state index contributed by atoms with van der Waals surface area (Å²) in [5.74, 6) is 0.128. The third-order valence-electron chi connectivity index (χ3n) is 6.97. The highest BCUT2D eigenvalue weighted by atomic mass is 16.5. The molecular formula is C30H36N4O5. The topological polar surface area (TPSA) is 91.4 Å². The standard InChI is InChI=1S/C30H36N4O5/c1-5-13-34-25(20-32-14-16-33(17-15-32)28(35)23-11-8-12-24(19-23)38-4)26(29(36)39-6-2)27(31-30(34)37)22-10-7-9-21(3)18-22/h5,7-12,18-19,27H,1,6,13-17,20H2,2-4H3,(H,31,37). The number of methoxy groups -OCH3 is 1. The average Bonchev–Trinajstić information content (AvgIpc) is 2.95. The number of nitrogens with one attached hydrogen (secondary N) is 1. The van der Waals surface area contributed by atoms with Crippen molar-refractivity contribution in [2.45, 2.75) is 19.9 Å². The van der Waals surface area contributed by atoms with E-state index in [1.165, 1.54) is 0 Å². The number of carbonyl (C=O) groups excluding carboxylic acids is 3. The molecule has 9 nitrogen and oxygen atoms in total. The molecule has 39 heavy (non-hydrogen) atoms. The molecule has 2 aromatic rings. The first-order chi connectivity index (χ1) is 18.9. The van der Waals surface area contributed by atoms with Crippen LogP contribution in [0.4, 0.5) is 4.79 Å². The van der Waals surface area contributed by atoms with Crippen LogP contribution in [0.2, 0.25) is 0 Å². The predicted molar refractivity (Wildman–Crippen MR) is 148 cm³/mol. The molecule has 1 unspecified atom stereocenters. The van der Waals surface area contributed by atoms with Gasteiger partial charge in [0, 0.05) is 50.5 Å². The maximum atomic E-state index is 13.4. The summed E-state index contributed by atoms with van der Waals surface area (Å²) < 4.78 is 10.7. The number of urea groups is 1. The highest BCUT2D eigenvalue weighted by molar-refractivity contribution is 5.96. The number of benzene rings is 2. The highest BCUT2D eigenvalue weighted by Gasteiger charge is 2.39. The van der Waals surface area contributed by atoms with Crippen molar-refractivity contribution in [2.75, 3.05) is 53.0 Å². The molecule has 9 heteroatoms. The third-order valence-corrected chi connectivity index (χ3v) is 6.97. The molecule has 0 saturated carbocycles. The number of nitrogens with zero attached hydrogens (tertiary/aromatic N) is 3. The number of aryl methyl sites for hydroxylation is 1. The lowest BCUT2D eigenvalue weighted by Crippen LogP contribution is -2.53. The molecule has 0 aromatic heterocycles. The summed E-state index contributed by atoms with van der Waals surface area (Å²) >= 11 is 0. The monoisotopic (exact) mass is 532 g/mol. The Morgan fingerprint density at radius 3 is 2.51 bits per heavy atom. The molecule has 4 rings (SSSR count). The fourth-order valence-electron chi connectivity index (χ4n) is 5.00. The lowest BCUT2D eigenvalue weighted by molar-refractivity contribution is -0.139. The van der Waals surface area contributed by atoms with Crippen molar-refractivity contribution in [2.24, 2.45) is 0 Å². The summed E-state index contributed by atoms with van der Waals surface area (Å²) in [7, 11) is 1.58. The SMILES string of the molecule is C=CCN1C(=O)NC(c2cccc(C)c2)C(C(=O)OCC)=C1CN1CCN(C(=O)c2cccc(OC)c2)CC1. The zero-order valence-electron chi connectivity index (χ0n) is 22.8. The van der Waals surface area contributed by atoms with Gasteiger partial charge >= 0.3 is 12.0 Å². The van der Waals surface area contributed by atoms with Crippen molar-refractivity contribution in [3.05, 3.63) is 89.1 Å². The van der Waals surface area contributed by atoms with Crippen molar-refractivity contribution >= 4 is 17.9 Å². The van der Waals surface area contributed by atoms with Gasteiger partial charge in [-0.25, -0.2) is 9.59 Å². The minimum absolute atomic E-state index is 0.0511. The largest absolute Gasteiger partial charge is 0.497 e. The van der Waals surface area contributed by atoms with Gasteiger partial charge in [0.05, 0.1) is 25.3 Å². The van der Waals surface area contributed by atoms with Crippen LogP contribution in [0.15, 0.2) is 72.5 Å². The van der Waals surface area contributed by atoms with Crippen LogP contribution < -0.4 is 10.1 Å². The number of hydrogen-bond donors (Lipinski definition) is 1. The van der Waals surface area contributed by atoms with E-state index in [9.17, 15) is 14.4 Å². The van der Waals surface area contributed by atoms with E-state index in [1.54, 1.807) is 43.2 Å². The zero-order chi connectivity index (χ0) is 27.9. The number of piperazine rings is 1. The van der Waals surface area contributed by atoms with Gasteiger partial charge in [-0.2, -0.15) is 0 Å². The van der Waals surface area contributed by atoms with Gasteiger partial charge in [0.1, 0.15) is 5.75 Å². The van der Waals surface area contributed by atoms with E-state index < -0.39 is 12.0 Å². The fourth-order valence-corrected chi connectivity index (χ4v) is 5.00. The molecule has 1 saturated heterocycles. The maximum absolute atomic E-state index is 13.4. The van der Waals surface area contributed by atoms with Gasteiger partial charge in [-0.15, -0.1) is 6.58 Å². The Morgan fingerprint density at radius 2 is 1.85 bits per heavy atom. The molecule has 0 spiro atoms. The number of amides is 3. The number of ether oxygens (including phenoxy) is 2. The molecule has 0 aliphatic carbocycles. The summed E-state index contributed by atoms with van der Waals surface area (Å²) in [6.45, 7) is 10.6. The molecule has 2 aliphatic rings. The number of esters is 1. The Kier molecular flexibility index (Phi) is 9.03. The van der Waals surface area contributed by atoms with Crippen LogP contribution >= 0.6 is 0 Å². The van der Waals surface area contributed by atoms with Gasteiger partial charge in [0.25, 0.3) is 5.91 Å². The molecule has 2 aromatic carbocycles. The second kappa shape index (κ2) is 12.6. The van der Waals surface area contributed by atoms with Crippen LogP contribution in [0.25, 0.3) is 0 Å². The van der Waals surface area contributed by atoms with Crippen molar-refractivity contribution < 1.29 is 23.9 Å².